The maximum atomic E-state index is 15.7. The van der Waals surface area contributed by atoms with E-state index in [1.165, 1.54) is 19.2 Å². The van der Waals surface area contributed by atoms with Gasteiger partial charge in [0.2, 0.25) is 10.0 Å². The Kier molecular flexibility index (Phi) is 12.6. The Morgan fingerprint density at radius 2 is 1.69 bits per heavy atom. The lowest BCUT2D eigenvalue weighted by atomic mass is 9.81. The number of ether oxygens (including phenoxy) is 1. The van der Waals surface area contributed by atoms with Crippen LogP contribution in [0, 0.1) is 11.6 Å². The third-order valence-electron chi connectivity index (χ3n) is 9.09. The number of carboxylic acid groups (broad SMARTS) is 1. The smallest absolute Gasteiger partial charge is 0.243 e. The zero-order chi connectivity index (χ0) is 37.9. The largest absolute Gasteiger partial charge is 0.548 e. The highest BCUT2D eigenvalue weighted by atomic mass is 35.5. The van der Waals surface area contributed by atoms with Gasteiger partial charge in [-0.15, -0.1) is 0 Å². The summed E-state index contributed by atoms with van der Waals surface area (Å²) < 4.78 is 65.4. The summed E-state index contributed by atoms with van der Waals surface area (Å²) in [6.45, 7) is 4.78. The Labute approximate surface area is 309 Å². The molecule has 1 aromatic heterocycles. The summed E-state index contributed by atoms with van der Waals surface area (Å²) in [5.41, 5.74) is 1.66. The van der Waals surface area contributed by atoms with Gasteiger partial charge in [0, 0.05) is 41.4 Å². The Hall–Kier alpha value is -3.55. The predicted molar refractivity (Wildman–Crippen MR) is 193 cm³/mol. The number of carboxylic acids is 1. The van der Waals surface area contributed by atoms with Crippen molar-refractivity contribution in [2.75, 3.05) is 41.8 Å². The zero-order valence-electron chi connectivity index (χ0n) is 29.8. The second kappa shape index (κ2) is 16.0. The van der Waals surface area contributed by atoms with Crippen LogP contribution in [0.25, 0.3) is 5.69 Å². The van der Waals surface area contributed by atoms with Gasteiger partial charge in [0.15, 0.2) is 0 Å². The van der Waals surface area contributed by atoms with Crippen LogP contribution in [-0.2, 0) is 33.1 Å². The number of aromatic nitrogens is 2. The van der Waals surface area contributed by atoms with Gasteiger partial charge in [-0.2, -0.15) is 4.31 Å². The number of imidazole rings is 1. The molecule has 0 N–H and O–H groups in total. The van der Waals surface area contributed by atoms with Crippen LogP contribution in [0.5, 0.6) is 5.75 Å². The molecule has 0 saturated carbocycles. The van der Waals surface area contributed by atoms with E-state index in [1.807, 2.05) is 51.7 Å². The quantitative estimate of drug-likeness (QED) is 0.0996. The summed E-state index contributed by atoms with van der Waals surface area (Å²) in [5, 5.41) is 12.3. The minimum Gasteiger partial charge on any atom is -0.548 e. The van der Waals surface area contributed by atoms with Gasteiger partial charge in [-0.05, 0) is 79.8 Å². The number of carbonyl (C=O) groups is 1. The third-order valence-corrected chi connectivity index (χ3v) is 11.6. The van der Waals surface area contributed by atoms with E-state index in [-0.39, 0.29) is 29.8 Å². The van der Waals surface area contributed by atoms with Crippen LogP contribution in [0.1, 0.15) is 55.8 Å². The molecule has 0 aliphatic heterocycles. The van der Waals surface area contributed by atoms with Crippen LogP contribution in [-0.4, -0.2) is 80.6 Å². The summed E-state index contributed by atoms with van der Waals surface area (Å²) in [4.78, 5) is 16.2. The third kappa shape index (κ3) is 9.28. The number of hydrogen-bond donors (Lipinski definition) is 0. The molecule has 0 spiro atoms. The highest BCUT2D eigenvalue weighted by Gasteiger charge is 2.32. The summed E-state index contributed by atoms with van der Waals surface area (Å²) in [6, 6.07) is 11.9. The van der Waals surface area contributed by atoms with Gasteiger partial charge < -0.3 is 19.1 Å². The first kappa shape index (κ1) is 40.2. The molecule has 0 bridgehead atoms. The minimum atomic E-state index is -4.45. The van der Waals surface area contributed by atoms with E-state index in [9.17, 15) is 22.7 Å². The van der Waals surface area contributed by atoms with Crippen molar-refractivity contribution in [3.05, 3.63) is 105 Å². The van der Waals surface area contributed by atoms with Crippen molar-refractivity contribution in [2.45, 2.75) is 62.3 Å². The molecule has 0 aliphatic rings. The number of likely N-dealkylation sites (N-methyl/N-ethyl adjacent to an activating group) is 1. The van der Waals surface area contributed by atoms with Crippen LogP contribution in [0.4, 0.5) is 8.78 Å². The number of aliphatic carboxylic acids is 1. The van der Waals surface area contributed by atoms with E-state index in [0.717, 1.165) is 37.0 Å². The fourth-order valence-corrected chi connectivity index (χ4v) is 7.93. The fraction of sp³-hybridized carbons (Fsp3) is 0.405. The van der Waals surface area contributed by atoms with Gasteiger partial charge in [0.25, 0.3) is 0 Å². The Morgan fingerprint density at radius 3 is 2.27 bits per heavy atom. The molecule has 9 nitrogen and oxygen atoms in total. The van der Waals surface area contributed by atoms with Crippen LogP contribution < -0.4 is 9.84 Å². The van der Waals surface area contributed by atoms with Gasteiger partial charge in [-0.1, -0.05) is 43.1 Å². The van der Waals surface area contributed by atoms with E-state index in [2.05, 4.69) is 4.98 Å². The van der Waals surface area contributed by atoms with Crippen molar-refractivity contribution in [1.29, 1.82) is 0 Å². The van der Waals surface area contributed by atoms with Crippen molar-refractivity contribution in [2.24, 2.45) is 0 Å². The number of sulfonamides is 1. The SMILES string of the molecule is COc1cc(C(C)(C)c2cnc(CCc3c(F)cc(S(=O)(=O)N(C)[C@@H](CCCC[N+](C)(C)C)C(=O)[O-])cc3Cl)n2-c2ccc(F)cc2)ccc1Cl. The van der Waals surface area contributed by atoms with Gasteiger partial charge >= 0.3 is 0 Å². The molecule has 0 amide bonds. The average molecular weight is 766 g/mol. The summed E-state index contributed by atoms with van der Waals surface area (Å²) in [7, 11) is 4.24. The number of hydrogen-bond acceptors (Lipinski definition) is 6. The summed E-state index contributed by atoms with van der Waals surface area (Å²) in [5.74, 6) is -1.79. The normalized spacial score (nSPS) is 13.1. The standard InChI is InChI=1S/C37H44Cl2F2N4O5S/c1-37(2,24-11-17-29(38)33(20-24)50-7)34-23-42-35(44(34)26-14-12-25(40)13-15-26)18-16-28-30(39)21-27(22-31(28)41)51(48,49)43(3)32(36(46)47)10-8-9-19-45(4,5)6/h11-15,17,20-23,32H,8-10,16,18-19H2,1-7H3/t32-/m0/s1. The molecular formula is C37H44Cl2F2N4O5S. The molecule has 3 aromatic carbocycles. The zero-order valence-corrected chi connectivity index (χ0v) is 32.2. The molecule has 4 aromatic rings. The highest BCUT2D eigenvalue weighted by Crippen LogP contribution is 2.38. The Morgan fingerprint density at radius 1 is 1.02 bits per heavy atom. The minimum absolute atomic E-state index is 0.0391. The number of nitrogens with zero attached hydrogens (tertiary/aromatic N) is 4. The van der Waals surface area contributed by atoms with E-state index in [4.69, 9.17) is 27.9 Å². The molecule has 0 unspecified atom stereocenters. The molecule has 1 atom stereocenters. The monoisotopic (exact) mass is 764 g/mol. The molecule has 0 aliphatic carbocycles. The van der Waals surface area contributed by atoms with Crippen molar-refractivity contribution in [3.8, 4) is 11.4 Å². The van der Waals surface area contributed by atoms with Crippen molar-refractivity contribution in [3.63, 3.8) is 0 Å². The van der Waals surface area contributed by atoms with Gasteiger partial charge in [0.1, 0.15) is 23.2 Å². The molecule has 276 valence electrons. The number of benzene rings is 3. The first-order valence-corrected chi connectivity index (χ1v) is 18.6. The lowest BCUT2D eigenvalue weighted by Crippen LogP contribution is -2.48. The van der Waals surface area contributed by atoms with Gasteiger partial charge in [0.05, 0.1) is 62.4 Å². The van der Waals surface area contributed by atoms with Crippen molar-refractivity contribution in [1.82, 2.24) is 13.9 Å². The summed E-state index contributed by atoms with van der Waals surface area (Å²) >= 11 is 12.8. The maximum Gasteiger partial charge on any atom is 0.243 e. The van der Waals surface area contributed by atoms with Crippen LogP contribution >= 0.6 is 23.2 Å². The van der Waals surface area contributed by atoms with Crippen molar-refractivity contribution >= 4 is 39.2 Å². The number of aryl methyl sites for hydroxylation is 1. The second-order valence-corrected chi connectivity index (χ2v) is 16.9. The second-order valence-electron chi connectivity index (χ2n) is 14.1. The van der Waals surface area contributed by atoms with E-state index < -0.39 is 44.0 Å². The van der Waals surface area contributed by atoms with Crippen LogP contribution in [0.2, 0.25) is 10.0 Å². The number of quaternary nitrogens is 1. The maximum absolute atomic E-state index is 15.7. The topological polar surface area (TPSA) is 105 Å². The van der Waals surface area contributed by atoms with Crippen LogP contribution in [0.3, 0.4) is 0 Å². The fourth-order valence-electron chi connectivity index (χ4n) is 5.99. The van der Waals surface area contributed by atoms with Gasteiger partial charge in [-0.25, -0.2) is 22.2 Å². The summed E-state index contributed by atoms with van der Waals surface area (Å²) in [6.07, 6.45) is 3.12. The van der Waals surface area contributed by atoms with E-state index >= 15 is 4.39 Å². The molecule has 0 saturated heterocycles. The van der Waals surface area contributed by atoms with Gasteiger partial charge in [-0.3, -0.25) is 4.57 Å². The number of methoxy groups -OCH3 is 1. The van der Waals surface area contributed by atoms with Crippen molar-refractivity contribution < 1.29 is 36.3 Å². The van der Waals surface area contributed by atoms with E-state index in [1.54, 1.807) is 24.4 Å². The van der Waals surface area contributed by atoms with E-state index in [0.29, 0.717) is 43.9 Å². The number of rotatable bonds is 16. The lowest BCUT2D eigenvalue weighted by Gasteiger charge is -2.29. The Bertz CT molecular complexity index is 1960. The Balaban J connectivity index is 1.64. The first-order valence-electron chi connectivity index (χ1n) is 16.4. The average Bonchev–Trinajstić information content (AvgIpc) is 3.48. The predicted octanol–water partition coefficient (Wildman–Crippen LogP) is 6.19. The molecule has 1 heterocycles. The molecule has 0 fully saturated rings. The number of carbonyl (C=O) groups excluding carboxylic acids is 1. The molecule has 4 rings (SSSR count). The van der Waals surface area contributed by atoms with Crippen LogP contribution in [0.15, 0.2) is 65.7 Å². The highest BCUT2D eigenvalue weighted by molar-refractivity contribution is 7.89. The molecular weight excluding hydrogens is 721 g/mol. The number of halogens is 4. The first-order chi connectivity index (χ1) is 23.8. The molecule has 0 radical (unpaired) electrons. The number of unbranched alkanes of at least 4 members (excludes halogenated alkanes) is 1. The molecule has 14 heteroatoms. The lowest BCUT2D eigenvalue weighted by molar-refractivity contribution is -0.870. The molecule has 51 heavy (non-hydrogen) atoms.